The molecule has 0 spiro atoms. The molecule has 0 bridgehead atoms. The van der Waals surface area contributed by atoms with Crippen LogP contribution in [0.1, 0.15) is 0 Å². The lowest BCUT2D eigenvalue weighted by atomic mass is 10.0. The molecule has 0 atom stereocenters. The maximum Gasteiger partial charge on any atom is 0.164 e. The topological polar surface area (TPSA) is 51.6 Å². The highest BCUT2D eigenvalue weighted by molar-refractivity contribution is 14.1. The zero-order chi connectivity index (χ0) is 21.0. The Balaban J connectivity index is 1.70. The predicted molar refractivity (Wildman–Crippen MR) is 132 cm³/mol. The molecule has 0 amide bonds. The summed E-state index contributed by atoms with van der Waals surface area (Å²) in [4.78, 5) is 18.7. The van der Waals surface area contributed by atoms with Crippen LogP contribution in [0.25, 0.3) is 45.3 Å². The third kappa shape index (κ3) is 4.36. The van der Waals surface area contributed by atoms with Crippen molar-refractivity contribution in [2.75, 3.05) is 0 Å². The summed E-state index contributed by atoms with van der Waals surface area (Å²) in [5.74, 6) is 1.97. The van der Waals surface area contributed by atoms with E-state index in [9.17, 15) is 0 Å². The predicted octanol–water partition coefficient (Wildman–Crippen LogP) is 6.54. The van der Waals surface area contributed by atoms with Crippen LogP contribution in [-0.4, -0.2) is 19.9 Å². The molecule has 0 saturated carbocycles. The Kier molecular flexibility index (Phi) is 5.50. The van der Waals surface area contributed by atoms with E-state index < -0.39 is 0 Å². The van der Waals surface area contributed by atoms with Crippen LogP contribution in [0.15, 0.2) is 103 Å². The van der Waals surface area contributed by atoms with Crippen LogP contribution in [0.4, 0.5) is 0 Å². The molecule has 2 heterocycles. The molecule has 0 saturated heterocycles. The highest BCUT2D eigenvalue weighted by Gasteiger charge is 2.13. The third-order valence-electron chi connectivity index (χ3n) is 4.85. The first-order chi connectivity index (χ1) is 15.3. The third-order valence-corrected chi connectivity index (χ3v) is 5.47. The van der Waals surface area contributed by atoms with E-state index in [-0.39, 0.29) is 0 Å². The maximum absolute atomic E-state index is 4.83. The molecule has 148 valence electrons. The van der Waals surface area contributed by atoms with Gasteiger partial charge < -0.3 is 0 Å². The minimum absolute atomic E-state index is 0.649. The zero-order valence-corrected chi connectivity index (χ0v) is 18.6. The van der Waals surface area contributed by atoms with Gasteiger partial charge in [-0.3, -0.25) is 4.98 Å². The van der Waals surface area contributed by atoms with Gasteiger partial charge in [-0.1, -0.05) is 66.7 Å². The van der Waals surface area contributed by atoms with E-state index in [4.69, 9.17) is 15.0 Å². The number of halogens is 1. The molecular formula is C26H17IN4. The molecule has 0 aliphatic carbocycles. The lowest BCUT2D eigenvalue weighted by molar-refractivity contribution is 1.07. The first-order valence-corrected chi connectivity index (χ1v) is 10.9. The lowest BCUT2D eigenvalue weighted by Crippen LogP contribution is -2.00. The summed E-state index contributed by atoms with van der Waals surface area (Å²) in [5.41, 5.74) is 5.01. The highest BCUT2D eigenvalue weighted by Crippen LogP contribution is 2.29. The standard InChI is InChI=1S/C26H17IN4/c27-23-15-21(20-12-7-13-28-17-20)14-22(16-23)26-30-24(18-8-3-1-4-9-18)29-25(31-26)19-10-5-2-6-11-19/h1-17H. The van der Waals surface area contributed by atoms with Crippen molar-refractivity contribution in [3.63, 3.8) is 0 Å². The van der Waals surface area contributed by atoms with E-state index in [0.29, 0.717) is 17.5 Å². The number of nitrogens with zero attached hydrogens (tertiary/aromatic N) is 4. The van der Waals surface area contributed by atoms with Crippen LogP contribution in [0, 0.1) is 3.57 Å². The fraction of sp³-hybridized carbons (Fsp3) is 0. The molecule has 5 rings (SSSR count). The van der Waals surface area contributed by atoms with Gasteiger partial charge in [-0.15, -0.1) is 0 Å². The van der Waals surface area contributed by atoms with Gasteiger partial charge in [-0.2, -0.15) is 0 Å². The summed E-state index contributed by atoms with van der Waals surface area (Å²) in [6.45, 7) is 0. The molecule has 2 aromatic heterocycles. The summed E-state index contributed by atoms with van der Waals surface area (Å²) in [5, 5.41) is 0. The number of aromatic nitrogens is 4. The Bertz CT molecular complexity index is 1270. The minimum Gasteiger partial charge on any atom is -0.264 e. The molecule has 4 nitrogen and oxygen atoms in total. The van der Waals surface area contributed by atoms with Crippen molar-refractivity contribution in [3.05, 3.63) is 107 Å². The average Bonchev–Trinajstić information content (AvgIpc) is 2.85. The summed E-state index contributed by atoms with van der Waals surface area (Å²) in [6, 6.07) is 30.4. The first-order valence-electron chi connectivity index (χ1n) is 9.84. The van der Waals surface area contributed by atoms with Gasteiger partial charge in [0.2, 0.25) is 0 Å². The molecule has 0 unspecified atom stereocenters. The molecule has 0 fully saturated rings. The van der Waals surface area contributed by atoms with Gasteiger partial charge in [0.05, 0.1) is 0 Å². The molecule has 0 N–H and O–H groups in total. The fourth-order valence-corrected chi connectivity index (χ4v) is 4.03. The fourth-order valence-electron chi connectivity index (χ4n) is 3.36. The van der Waals surface area contributed by atoms with Crippen LogP contribution >= 0.6 is 22.6 Å². The van der Waals surface area contributed by atoms with Crippen LogP contribution in [-0.2, 0) is 0 Å². The highest BCUT2D eigenvalue weighted by atomic mass is 127. The molecule has 5 heteroatoms. The van der Waals surface area contributed by atoms with Crippen LogP contribution in [0.5, 0.6) is 0 Å². The number of hydrogen-bond donors (Lipinski definition) is 0. The maximum atomic E-state index is 4.83. The van der Waals surface area contributed by atoms with E-state index in [2.05, 4.69) is 51.8 Å². The van der Waals surface area contributed by atoms with Gasteiger partial charge in [0.15, 0.2) is 17.5 Å². The Morgan fingerprint density at radius 3 is 1.55 bits per heavy atom. The van der Waals surface area contributed by atoms with Gasteiger partial charge in [-0.25, -0.2) is 15.0 Å². The van der Waals surface area contributed by atoms with Crippen LogP contribution in [0.2, 0.25) is 0 Å². The second-order valence-corrected chi connectivity index (χ2v) is 8.25. The molecule has 0 aliphatic rings. The quantitative estimate of drug-likeness (QED) is 0.257. The van der Waals surface area contributed by atoms with Crippen molar-refractivity contribution >= 4 is 22.6 Å². The van der Waals surface area contributed by atoms with Crippen molar-refractivity contribution in [1.82, 2.24) is 19.9 Å². The Morgan fingerprint density at radius 2 is 1.00 bits per heavy atom. The van der Waals surface area contributed by atoms with Crippen LogP contribution in [0.3, 0.4) is 0 Å². The van der Waals surface area contributed by atoms with Crippen molar-refractivity contribution < 1.29 is 0 Å². The summed E-state index contributed by atoms with van der Waals surface area (Å²) < 4.78 is 1.11. The van der Waals surface area contributed by atoms with Crippen molar-refractivity contribution in [3.8, 4) is 45.3 Å². The van der Waals surface area contributed by atoms with Gasteiger partial charge in [0.1, 0.15) is 0 Å². The van der Waals surface area contributed by atoms with E-state index in [1.165, 1.54) is 0 Å². The second kappa shape index (κ2) is 8.73. The van der Waals surface area contributed by atoms with E-state index in [1.54, 1.807) is 6.20 Å². The van der Waals surface area contributed by atoms with Gasteiger partial charge in [-0.05, 0) is 52.4 Å². The number of benzene rings is 3. The molecule has 3 aromatic carbocycles. The van der Waals surface area contributed by atoms with E-state index in [0.717, 1.165) is 31.4 Å². The van der Waals surface area contributed by atoms with E-state index in [1.807, 2.05) is 72.9 Å². The molecule has 0 aliphatic heterocycles. The van der Waals surface area contributed by atoms with Gasteiger partial charge >= 0.3 is 0 Å². The largest absolute Gasteiger partial charge is 0.264 e. The van der Waals surface area contributed by atoms with Gasteiger partial charge in [0, 0.05) is 38.2 Å². The zero-order valence-electron chi connectivity index (χ0n) is 16.5. The van der Waals surface area contributed by atoms with Gasteiger partial charge in [0.25, 0.3) is 0 Å². The van der Waals surface area contributed by atoms with Crippen molar-refractivity contribution in [1.29, 1.82) is 0 Å². The average molecular weight is 512 g/mol. The number of pyridine rings is 1. The monoisotopic (exact) mass is 512 g/mol. The van der Waals surface area contributed by atoms with Crippen LogP contribution < -0.4 is 0 Å². The molecule has 5 aromatic rings. The Labute approximate surface area is 194 Å². The van der Waals surface area contributed by atoms with Crippen molar-refractivity contribution in [2.45, 2.75) is 0 Å². The Morgan fingerprint density at radius 1 is 0.484 bits per heavy atom. The smallest absolute Gasteiger partial charge is 0.164 e. The Hall–Kier alpha value is -3.45. The first kappa shape index (κ1) is 19.5. The SMILES string of the molecule is Ic1cc(-c2cccnc2)cc(-c2nc(-c3ccccc3)nc(-c3ccccc3)n2)c1. The number of hydrogen-bond acceptors (Lipinski definition) is 4. The summed E-state index contributed by atoms with van der Waals surface area (Å²) >= 11 is 2.33. The summed E-state index contributed by atoms with van der Waals surface area (Å²) in [7, 11) is 0. The molecular weight excluding hydrogens is 495 g/mol. The van der Waals surface area contributed by atoms with E-state index >= 15 is 0 Å². The molecule has 31 heavy (non-hydrogen) atoms. The normalized spacial score (nSPS) is 10.7. The minimum atomic E-state index is 0.649. The molecule has 0 radical (unpaired) electrons. The number of rotatable bonds is 4. The summed E-state index contributed by atoms with van der Waals surface area (Å²) in [6.07, 6.45) is 3.65. The van der Waals surface area contributed by atoms with Crippen molar-refractivity contribution in [2.24, 2.45) is 0 Å². The second-order valence-electron chi connectivity index (χ2n) is 7.01. The lowest BCUT2D eigenvalue weighted by Gasteiger charge is -2.10.